The van der Waals surface area contributed by atoms with Gasteiger partial charge >= 0.3 is 0 Å². The Morgan fingerprint density at radius 2 is 1.78 bits per heavy atom. The molecule has 0 saturated heterocycles. The Morgan fingerprint density at radius 1 is 1.07 bits per heavy atom. The molecule has 0 unspecified atom stereocenters. The van der Waals surface area contributed by atoms with E-state index in [4.69, 9.17) is 0 Å². The number of amides is 3. The maximum Gasteiger partial charge on any atom is 0.254 e. The summed E-state index contributed by atoms with van der Waals surface area (Å²) in [6.07, 6.45) is 0. The van der Waals surface area contributed by atoms with Crippen LogP contribution in [-0.2, 0) is 16.1 Å². The number of nitrogens with zero attached hydrogens (tertiary/aromatic N) is 1. The van der Waals surface area contributed by atoms with E-state index < -0.39 is 0 Å². The average molecular weight is 371 g/mol. The molecule has 0 aromatic heterocycles. The monoisotopic (exact) mass is 371 g/mol. The predicted molar refractivity (Wildman–Crippen MR) is 101 cm³/mol. The fraction of sp³-hybridized carbons (Fsp3) is 0.250. The molecule has 2 N–H and O–H groups in total. The topological polar surface area (TPSA) is 78.5 Å². The van der Waals surface area contributed by atoms with Crippen molar-refractivity contribution >= 4 is 23.4 Å². The number of anilines is 1. The number of benzene rings is 2. The summed E-state index contributed by atoms with van der Waals surface area (Å²) in [6, 6.07) is 12.4. The molecular weight excluding hydrogens is 349 g/mol. The van der Waals surface area contributed by atoms with E-state index in [9.17, 15) is 18.8 Å². The lowest BCUT2D eigenvalue weighted by Gasteiger charge is -2.21. The highest BCUT2D eigenvalue weighted by Crippen LogP contribution is 2.13. The minimum atomic E-state index is -0.339. The smallest absolute Gasteiger partial charge is 0.254 e. The van der Waals surface area contributed by atoms with Crippen LogP contribution in [0.25, 0.3) is 0 Å². The highest BCUT2D eigenvalue weighted by molar-refractivity contribution is 5.98. The average Bonchev–Trinajstić information content (AvgIpc) is 2.65. The van der Waals surface area contributed by atoms with Crippen molar-refractivity contribution in [1.82, 2.24) is 10.2 Å². The van der Waals surface area contributed by atoms with E-state index in [1.54, 1.807) is 43.3 Å². The molecule has 27 heavy (non-hydrogen) atoms. The number of hydrogen-bond donors (Lipinski definition) is 2. The van der Waals surface area contributed by atoms with Gasteiger partial charge in [-0.2, -0.15) is 0 Å². The molecule has 0 radical (unpaired) electrons. The second kappa shape index (κ2) is 9.47. The highest BCUT2D eigenvalue weighted by Gasteiger charge is 2.17. The van der Waals surface area contributed by atoms with E-state index in [2.05, 4.69) is 10.6 Å². The van der Waals surface area contributed by atoms with Gasteiger partial charge < -0.3 is 15.5 Å². The van der Waals surface area contributed by atoms with Crippen LogP contribution in [0.2, 0.25) is 0 Å². The number of carbonyl (C=O) groups excluding carboxylic acids is 3. The lowest BCUT2D eigenvalue weighted by Crippen LogP contribution is -2.40. The van der Waals surface area contributed by atoms with Crippen LogP contribution in [0.4, 0.5) is 10.1 Å². The molecular formula is C20H22FN3O3. The molecule has 2 aromatic carbocycles. The Morgan fingerprint density at radius 3 is 2.41 bits per heavy atom. The highest BCUT2D eigenvalue weighted by atomic mass is 19.1. The van der Waals surface area contributed by atoms with E-state index in [0.717, 1.165) is 5.56 Å². The summed E-state index contributed by atoms with van der Waals surface area (Å²) in [6.45, 7) is 3.68. The first-order valence-corrected chi connectivity index (χ1v) is 8.57. The minimum Gasteiger partial charge on any atom is -0.350 e. The summed E-state index contributed by atoms with van der Waals surface area (Å²) < 4.78 is 12.9. The van der Waals surface area contributed by atoms with E-state index in [1.807, 2.05) is 0 Å². The molecule has 0 spiro atoms. The van der Waals surface area contributed by atoms with Gasteiger partial charge in [0.2, 0.25) is 11.8 Å². The van der Waals surface area contributed by atoms with Crippen molar-refractivity contribution in [1.29, 1.82) is 0 Å². The Hall–Kier alpha value is -3.22. The van der Waals surface area contributed by atoms with Gasteiger partial charge in [-0.15, -0.1) is 0 Å². The van der Waals surface area contributed by atoms with Gasteiger partial charge in [0.05, 0.1) is 6.54 Å². The Labute approximate surface area is 157 Å². The maximum absolute atomic E-state index is 12.9. The molecule has 2 rings (SSSR count). The predicted octanol–water partition coefficient (Wildman–Crippen LogP) is 2.56. The van der Waals surface area contributed by atoms with Gasteiger partial charge in [0.25, 0.3) is 5.91 Å². The molecule has 7 heteroatoms. The zero-order valence-corrected chi connectivity index (χ0v) is 15.3. The maximum atomic E-state index is 12.9. The van der Waals surface area contributed by atoms with Crippen LogP contribution in [0, 0.1) is 5.82 Å². The van der Waals surface area contributed by atoms with Gasteiger partial charge in [-0.25, -0.2) is 4.39 Å². The zero-order valence-electron chi connectivity index (χ0n) is 15.3. The van der Waals surface area contributed by atoms with Gasteiger partial charge in [-0.3, -0.25) is 14.4 Å². The molecule has 0 heterocycles. The van der Waals surface area contributed by atoms with Crippen LogP contribution in [0.1, 0.15) is 29.8 Å². The van der Waals surface area contributed by atoms with Crippen molar-refractivity contribution in [2.24, 2.45) is 0 Å². The Balaban J connectivity index is 1.96. The van der Waals surface area contributed by atoms with Crippen LogP contribution in [0.3, 0.4) is 0 Å². The van der Waals surface area contributed by atoms with E-state index in [0.29, 0.717) is 17.8 Å². The Bertz CT molecular complexity index is 821. The molecule has 0 saturated carbocycles. The van der Waals surface area contributed by atoms with Crippen molar-refractivity contribution < 1.29 is 18.8 Å². The summed E-state index contributed by atoms with van der Waals surface area (Å²) in [5.41, 5.74) is 1.67. The molecule has 3 amide bonds. The van der Waals surface area contributed by atoms with Crippen molar-refractivity contribution in [3.05, 3.63) is 65.5 Å². The fourth-order valence-corrected chi connectivity index (χ4v) is 2.48. The summed E-state index contributed by atoms with van der Waals surface area (Å²) in [5.74, 6) is -1.18. The molecule has 0 aliphatic carbocycles. The number of rotatable bonds is 7. The van der Waals surface area contributed by atoms with Crippen LogP contribution in [0.5, 0.6) is 0 Å². The minimum absolute atomic E-state index is 0.0963. The van der Waals surface area contributed by atoms with Crippen molar-refractivity contribution in [3.63, 3.8) is 0 Å². The second-order valence-electron chi connectivity index (χ2n) is 5.98. The summed E-state index contributed by atoms with van der Waals surface area (Å²) >= 11 is 0. The summed E-state index contributed by atoms with van der Waals surface area (Å²) in [4.78, 5) is 37.4. The molecule has 6 nitrogen and oxygen atoms in total. The number of likely N-dealkylation sites (N-methyl/N-ethyl adjacent to an activating group) is 1. The molecule has 0 fully saturated rings. The second-order valence-corrected chi connectivity index (χ2v) is 5.98. The first-order valence-electron chi connectivity index (χ1n) is 8.57. The quantitative estimate of drug-likeness (QED) is 0.785. The van der Waals surface area contributed by atoms with Crippen LogP contribution in [-0.4, -0.2) is 35.7 Å². The van der Waals surface area contributed by atoms with Crippen molar-refractivity contribution in [2.45, 2.75) is 20.4 Å². The summed E-state index contributed by atoms with van der Waals surface area (Å²) in [5, 5.41) is 5.34. The molecule has 0 atom stereocenters. The number of halogens is 1. The normalized spacial score (nSPS) is 10.2. The van der Waals surface area contributed by atoms with Crippen LogP contribution in [0.15, 0.2) is 48.5 Å². The third kappa shape index (κ3) is 6.22. The standard InChI is InChI=1S/C20H22FN3O3/c1-3-24(13-19(26)22-12-15-7-9-17(21)10-8-15)20(27)16-5-4-6-18(11-16)23-14(2)25/h4-11H,3,12-13H2,1-2H3,(H,22,26)(H,23,25). The molecule has 2 aromatic rings. The van der Waals surface area contributed by atoms with E-state index in [1.165, 1.54) is 24.0 Å². The van der Waals surface area contributed by atoms with E-state index in [-0.39, 0.29) is 36.6 Å². The van der Waals surface area contributed by atoms with Gasteiger partial charge in [0.1, 0.15) is 5.82 Å². The first-order chi connectivity index (χ1) is 12.9. The lowest BCUT2D eigenvalue weighted by molar-refractivity contribution is -0.122. The summed E-state index contributed by atoms with van der Waals surface area (Å²) in [7, 11) is 0. The van der Waals surface area contributed by atoms with Crippen molar-refractivity contribution in [3.8, 4) is 0 Å². The van der Waals surface area contributed by atoms with Gasteiger partial charge in [0, 0.05) is 31.3 Å². The van der Waals surface area contributed by atoms with Crippen molar-refractivity contribution in [2.75, 3.05) is 18.4 Å². The van der Waals surface area contributed by atoms with Gasteiger partial charge in [0.15, 0.2) is 0 Å². The van der Waals surface area contributed by atoms with Gasteiger partial charge in [-0.1, -0.05) is 18.2 Å². The lowest BCUT2D eigenvalue weighted by atomic mass is 10.1. The third-order valence-electron chi connectivity index (χ3n) is 3.84. The first kappa shape index (κ1) is 20.1. The SMILES string of the molecule is CCN(CC(=O)NCc1ccc(F)cc1)C(=O)c1cccc(NC(C)=O)c1. The van der Waals surface area contributed by atoms with Crippen LogP contribution >= 0.6 is 0 Å². The molecule has 0 bridgehead atoms. The number of nitrogens with one attached hydrogen (secondary N) is 2. The Kier molecular flexibility index (Phi) is 7.05. The number of carbonyl (C=O) groups is 3. The van der Waals surface area contributed by atoms with Crippen LogP contribution < -0.4 is 10.6 Å². The largest absolute Gasteiger partial charge is 0.350 e. The number of hydrogen-bond acceptors (Lipinski definition) is 3. The van der Waals surface area contributed by atoms with Gasteiger partial charge in [-0.05, 0) is 42.8 Å². The third-order valence-corrected chi connectivity index (χ3v) is 3.84. The zero-order chi connectivity index (χ0) is 19.8. The fourth-order valence-electron chi connectivity index (χ4n) is 2.48. The molecule has 142 valence electrons. The molecule has 0 aliphatic heterocycles. The van der Waals surface area contributed by atoms with E-state index >= 15 is 0 Å². The molecule has 0 aliphatic rings.